The molecule has 1 aliphatic rings. The van der Waals surface area contributed by atoms with E-state index in [9.17, 15) is 9.59 Å². The lowest BCUT2D eigenvalue weighted by molar-refractivity contribution is -0.122. The number of carbonyl (C=O) groups excluding carboxylic acids is 2. The standard InChI is InChI=1S/C20H22Cl2N2O3S/c1-3-11-4-6-13-16(8-11)28-20(17(13)18(23)25)24-19(26)10(2)27-15-7-5-12(21)9-14(15)22/h5,7,9-11H,3-4,6,8H2,1-2H3,(H2,23,25)(H,24,26)/t10-,11+/m1/s1. The summed E-state index contributed by atoms with van der Waals surface area (Å²) in [6.45, 7) is 3.78. The van der Waals surface area contributed by atoms with Crippen LogP contribution in [-0.4, -0.2) is 17.9 Å². The fraction of sp³-hybridized carbons (Fsp3) is 0.400. The van der Waals surface area contributed by atoms with E-state index in [-0.39, 0.29) is 5.91 Å². The molecule has 0 fully saturated rings. The molecule has 2 atom stereocenters. The van der Waals surface area contributed by atoms with Crippen LogP contribution in [-0.2, 0) is 17.6 Å². The lowest BCUT2D eigenvalue weighted by atomic mass is 9.85. The molecule has 0 bridgehead atoms. The van der Waals surface area contributed by atoms with Gasteiger partial charge >= 0.3 is 0 Å². The average molecular weight is 441 g/mol. The van der Waals surface area contributed by atoms with E-state index in [0.717, 1.165) is 36.1 Å². The van der Waals surface area contributed by atoms with Crippen molar-refractivity contribution in [3.8, 4) is 5.75 Å². The van der Waals surface area contributed by atoms with E-state index in [1.54, 1.807) is 25.1 Å². The largest absolute Gasteiger partial charge is 0.479 e. The number of nitrogens with two attached hydrogens (primary N) is 1. The number of anilines is 1. The summed E-state index contributed by atoms with van der Waals surface area (Å²) < 4.78 is 5.66. The maximum absolute atomic E-state index is 12.7. The molecule has 1 aliphatic carbocycles. The normalized spacial score (nSPS) is 16.9. The molecule has 0 aliphatic heterocycles. The Morgan fingerprint density at radius 1 is 1.39 bits per heavy atom. The van der Waals surface area contributed by atoms with Gasteiger partial charge in [0.2, 0.25) is 0 Å². The predicted molar refractivity (Wildman–Crippen MR) is 114 cm³/mol. The van der Waals surface area contributed by atoms with Crippen molar-refractivity contribution >= 4 is 51.4 Å². The zero-order chi connectivity index (χ0) is 20.4. The maximum atomic E-state index is 12.7. The van der Waals surface area contributed by atoms with Crippen molar-refractivity contribution in [1.82, 2.24) is 0 Å². The van der Waals surface area contributed by atoms with Gasteiger partial charge in [0.25, 0.3) is 11.8 Å². The Bertz CT molecular complexity index is 913. The third-order valence-corrected chi connectivity index (χ3v) is 6.69. The molecule has 28 heavy (non-hydrogen) atoms. The summed E-state index contributed by atoms with van der Waals surface area (Å²) in [6, 6.07) is 4.79. The number of halogens is 2. The summed E-state index contributed by atoms with van der Waals surface area (Å²) >= 11 is 13.4. The molecule has 2 aromatic rings. The van der Waals surface area contributed by atoms with Crippen molar-refractivity contribution in [2.75, 3.05) is 5.32 Å². The number of thiophene rings is 1. The van der Waals surface area contributed by atoms with Crippen LogP contribution in [0.25, 0.3) is 0 Å². The number of benzene rings is 1. The van der Waals surface area contributed by atoms with Gasteiger partial charge in [-0.1, -0.05) is 36.5 Å². The third-order valence-electron chi connectivity index (χ3n) is 4.99. The molecule has 0 saturated heterocycles. The van der Waals surface area contributed by atoms with Crippen LogP contribution in [0.15, 0.2) is 18.2 Å². The average Bonchev–Trinajstić information content (AvgIpc) is 3.00. The highest BCUT2D eigenvalue weighted by Crippen LogP contribution is 2.40. The van der Waals surface area contributed by atoms with E-state index in [4.69, 9.17) is 33.7 Å². The van der Waals surface area contributed by atoms with Crippen molar-refractivity contribution < 1.29 is 14.3 Å². The van der Waals surface area contributed by atoms with Gasteiger partial charge in [-0.05, 0) is 55.9 Å². The van der Waals surface area contributed by atoms with Crippen molar-refractivity contribution in [3.05, 3.63) is 44.2 Å². The summed E-state index contributed by atoms with van der Waals surface area (Å²) in [4.78, 5) is 25.8. The van der Waals surface area contributed by atoms with Gasteiger partial charge in [0.1, 0.15) is 10.8 Å². The molecular weight excluding hydrogens is 419 g/mol. The second-order valence-electron chi connectivity index (χ2n) is 6.91. The maximum Gasteiger partial charge on any atom is 0.265 e. The fourth-order valence-electron chi connectivity index (χ4n) is 3.38. The Labute approximate surface area is 178 Å². The summed E-state index contributed by atoms with van der Waals surface area (Å²) in [7, 11) is 0. The van der Waals surface area contributed by atoms with Crippen molar-refractivity contribution in [2.24, 2.45) is 11.7 Å². The van der Waals surface area contributed by atoms with Crippen LogP contribution in [0, 0.1) is 5.92 Å². The highest BCUT2D eigenvalue weighted by molar-refractivity contribution is 7.17. The molecule has 0 spiro atoms. The molecule has 2 amide bonds. The minimum Gasteiger partial charge on any atom is -0.479 e. The first kappa shape index (κ1) is 21.0. The van der Waals surface area contributed by atoms with Gasteiger partial charge in [-0.2, -0.15) is 0 Å². The Kier molecular flexibility index (Phi) is 6.53. The highest BCUT2D eigenvalue weighted by Gasteiger charge is 2.29. The van der Waals surface area contributed by atoms with E-state index in [0.29, 0.717) is 32.3 Å². The van der Waals surface area contributed by atoms with Crippen LogP contribution in [0.2, 0.25) is 10.0 Å². The molecule has 3 N–H and O–H groups in total. The molecule has 0 saturated carbocycles. The lowest BCUT2D eigenvalue weighted by Gasteiger charge is -2.20. The quantitative estimate of drug-likeness (QED) is 0.657. The number of amides is 2. The summed E-state index contributed by atoms with van der Waals surface area (Å²) in [5, 5.41) is 4.12. The summed E-state index contributed by atoms with van der Waals surface area (Å²) in [5.74, 6) is 0.0704. The second-order valence-corrected chi connectivity index (χ2v) is 8.86. The smallest absolute Gasteiger partial charge is 0.265 e. The predicted octanol–water partition coefficient (Wildman–Crippen LogP) is 5.07. The number of primary amides is 1. The van der Waals surface area contributed by atoms with E-state index >= 15 is 0 Å². The van der Waals surface area contributed by atoms with Gasteiger partial charge in [-0.15, -0.1) is 11.3 Å². The van der Waals surface area contributed by atoms with Crippen LogP contribution in [0.1, 0.15) is 47.5 Å². The van der Waals surface area contributed by atoms with E-state index in [2.05, 4.69) is 12.2 Å². The first-order valence-corrected chi connectivity index (χ1v) is 10.7. The lowest BCUT2D eigenvalue weighted by Crippen LogP contribution is -2.30. The number of hydrogen-bond donors (Lipinski definition) is 2. The number of fused-ring (bicyclic) bond motifs is 1. The molecule has 0 radical (unpaired) electrons. The first-order chi connectivity index (χ1) is 13.3. The van der Waals surface area contributed by atoms with Gasteiger partial charge in [0.15, 0.2) is 6.10 Å². The van der Waals surface area contributed by atoms with E-state index in [1.807, 2.05) is 0 Å². The first-order valence-electron chi connectivity index (χ1n) is 9.17. The fourth-order valence-corrected chi connectivity index (χ4v) is 5.20. The molecule has 150 valence electrons. The Morgan fingerprint density at radius 3 is 2.79 bits per heavy atom. The monoisotopic (exact) mass is 440 g/mol. The molecule has 1 aromatic carbocycles. The minimum atomic E-state index is -0.818. The number of carbonyl (C=O) groups is 2. The molecular formula is C20H22Cl2N2O3S. The van der Waals surface area contributed by atoms with Crippen molar-refractivity contribution in [2.45, 2.75) is 45.6 Å². The molecule has 0 unspecified atom stereocenters. The SMILES string of the molecule is CC[C@H]1CCc2c(sc(NC(=O)[C@@H](C)Oc3ccc(Cl)cc3Cl)c2C(N)=O)C1. The van der Waals surface area contributed by atoms with Crippen molar-refractivity contribution in [3.63, 3.8) is 0 Å². The Hall–Kier alpha value is -1.76. The van der Waals surface area contributed by atoms with E-state index in [1.165, 1.54) is 11.3 Å². The van der Waals surface area contributed by atoms with E-state index < -0.39 is 12.0 Å². The van der Waals surface area contributed by atoms with Crippen LogP contribution < -0.4 is 15.8 Å². The zero-order valence-corrected chi connectivity index (χ0v) is 18.0. The molecule has 1 heterocycles. The number of hydrogen-bond acceptors (Lipinski definition) is 4. The zero-order valence-electron chi connectivity index (χ0n) is 15.7. The van der Waals surface area contributed by atoms with Gasteiger partial charge in [-0.3, -0.25) is 9.59 Å². The van der Waals surface area contributed by atoms with Gasteiger partial charge in [0, 0.05) is 9.90 Å². The second kappa shape index (κ2) is 8.72. The molecule has 3 rings (SSSR count). The highest BCUT2D eigenvalue weighted by atomic mass is 35.5. The van der Waals surface area contributed by atoms with Crippen LogP contribution >= 0.6 is 34.5 Å². The van der Waals surface area contributed by atoms with Crippen LogP contribution in [0.5, 0.6) is 5.75 Å². The third kappa shape index (κ3) is 4.45. The molecule has 5 nitrogen and oxygen atoms in total. The van der Waals surface area contributed by atoms with Gasteiger partial charge in [-0.25, -0.2) is 0 Å². The Morgan fingerprint density at radius 2 is 2.14 bits per heavy atom. The molecule has 8 heteroatoms. The molecule has 1 aromatic heterocycles. The Balaban J connectivity index is 1.78. The minimum absolute atomic E-state index is 0.321. The van der Waals surface area contributed by atoms with Gasteiger partial charge in [0.05, 0.1) is 10.6 Å². The number of rotatable bonds is 6. The number of ether oxygens (including phenoxy) is 1. The van der Waals surface area contributed by atoms with Crippen molar-refractivity contribution in [1.29, 1.82) is 0 Å². The topological polar surface area (TPSA) is 81.4 Å². The summed E-state index contributed by atoms with van der Waals surface area (Å²) in [6.07, 6.45) is 3.03. The van der Waals surface area contributed by atoms with Gasteiger partial charge < -0.3 is 15.8 Å². The van der Waals surface area contributed by atoms with Crippen LogP contribution in [0.4, 0.5) is 5.00 Å². The van der Waals surface area contributed by atoms with Crippen LogP contribution in [0.3, 0.4) is 0 Å². The number of nitrogens with one attached hydrogen (secondary N) is 1. The summed E-state index contributed by atoms with van der Waals surface area (Å²) in [5.41, 5.74) is 7.02.